The highest BCUT2D eigenvalue weighted by Gasteiger charge is 2.65. The predicted molar refractivity (Wildman–Crippen MR) is 65.4 cm³/mol. The first-order chi connectivity index (χ1) is 9.21. The van der Waals surface area contributed by atoms with Gasteiger partial charge in [-0.05, 0) is 13.8 Å². The van der Waals surface area contributed by atoms with Crippen LogP contribution in [-0.2, 0) is 14.3 Å². The number of carbonyl (C=O) groups excluding carboxylic acids is 1. The Balaban J connectivity index is 3.41. The van der Waals surface area contributed by atoms with E-state index in [-0.39, 0.29) is 11.9 Å². The fourth-order valence-electron chi connectivity index (χ4n) is 1.67. The van der Waals surface area contributed by atoms with E-state index in [1.807, 2.05) is 0 Å². The van der Waals surface area contributed by atoms with Gasteiger partial charge in [0.25, 0.3) is 6.02 Å². The molecule has 0 aromatic carbocycles. The van der Waals surface area contributed by atoms with Gasteiger partial charge in [0.05, 0.1) is 7.11 Å². The van der Waals surface area contributed by atoms with E-state index in [1.165, 1.54) is 11.8 Å². The summed E-state index contributed by atoms with van der Waals surface area (Å²) in [7, 11) is 0.850. The summed E-state index contributed by atoms with van der Waals surface area (Å²) >= 11 is 0. The summed E-state index contributed by atoms with van der Waals surface area (Å²) in [6.45, 7) is 5.42. The zero-order valence-electron chi connectivity index (χ0n) is 11.6. The molecule has 0 amide bonds. The maximum absolute atomic E-state index is 13.3. The summed E-state index contributed by atoms with van der Waals surface area (Å²) < 4.78 is 49.1. The zero-order chi connectivity index (χ0) is 15.6. The maximum atomic E-state index is 13.3. The van der Waals surface area contributed by atoms with Crippen LogP contribution >= 0.6 is 0 Å². The van der Waals surface area contributed by atoms with Crippen LogP contribution in [0.1, 0.15) is 20.8 Å². The van der Waals surface area contributed by atoms with E-state index in [4.69, 9.17) is 4.74 Å². The number of halogens is 3. The Morgan fingerprint density at radius 2 is 1.90 bits per heavy atom. The van der Waals surface area contributed by atoms with Crippen molar-refractivity contribution in [3.05, 3.63) is 0 Å². The van der Waals surface area contributed by atoms with Crippen molar-refractivity contribution in [3.8, 4) is 0 Å². The Morgan fingerprint density at radius 1 is 1.35 bits per heavy atom. The monoisotopic (exact) mass is 295 g/mol. The minimum absolute atomic E-state index is 0.301. The SMILES string of the molecule is CCN(CC)C1=N[C@@](C(=O)OC)(C(F)(F)F)N=C(C)O1. The molecule has 6 nitrogen and oxygen atoms in total. The molecule has 0 radical (unpaired) electrons. The topological polar surface area (TPSA) is 63.5 Å². The van der Waals surface area contributed by atoms with E-state index in [0.717, 1.165) is 7.11 Å². The van der Waals surface area contributed by atoms with Crippen molar-refractivity contribution in [2.75, 3.05) is 20.2 Å². The lowest BCUT2D eigenvalue weighted by atomic mass is 10.1. The van der Waals surface area contributed by atoms with Crippen molar-refractivity contribution in [1.29, 1.82) is 0 Å². The summed E-state index contributed by atoms with van der Waals surface area (Å²) in [6, 6.07) is -0.301. The Bertz CT molecular complexity index is 444. The van der Waals surface area contributed by atoms with Crippen LogP contribution in [0.4, 0.5) is 13.2 Å². The molecule has 0 aromatic heterocycles. The van der Waals surface area contributed by atoms with Crippen molar-refractivity contribution < 1.29 is 27.4 Å². The van der Waals surface area contributed by atoms with Gasteiger partial charge < -0.3 is 14.4 Å². The number of nitrogens with zero attached hydrogens (tertiary/aromatic N) is 3. The summed E-state index contributed by atoms with van der Waals surface area (Å²) in [5, 5.41) is 0. The van der Waals surface area contributed by atoms with Crippen molar-refractivity contribution in [1.82, 2.24) is 4.90 Å². The molecule has 0 bridgehead atoms. The molecule has 114 valence electrons. The number of ether oxygens (including phenoxy) is 2. The molecule has 0 saturated carbocycles. The number of esters is 1. The molecule has 0 spiro atoms. The van der Waals surface area contributed by atoms with E-state index in [1.54, 1.807) is 13.8 Å². The van der Waals surface area contributed by atoms with Crippen LogP contribution in [-0.4, -0.2) is 54.8 Å². The molecule has 1 aliphatic rings. The largest absolute Gasteiger partial charge is 0.465 e. The Kier molecular flexibility index (Phi) is 4.61. The Hall–Kier alpha value is -1.80. The molecule has 1 atom stereocenters. The van der Waals surface area contributed by atoms with Gasteiger partial charge in [0.2, 0.25) is 0 Å². The highest BCUT2D eigenvalue weighted by atomic mass is 19.4. The molecule has 0 N–H and O–H groups in total. The molecular weight excluding hydrogens is 279 g/mol. The summed E-state index contributed by atoms with van der Waals surface area (Å²) in [5.74, 6) is -1.90. The number of aliphatic imine (C=N–C) groups is 2. The summed E-state index contributed by atoms with van der Waals surface area (Å²) in [5.41, 5.74) is -3.30. The van der Waals surface area contributed by atoms with Crippen molar-refractivity contribution in [2.24, 2.45) is 9.98 Å². The molecule has 20 heavy (non-hydrogen) atoms. The number of rotatable bonds is 3. The van der Waals surface area contributed by atoms with Crippen molar-refractivity contribution in [2.45, 2.75) is 32.6 Å². The van der Waals surface area contributed by atoms with E-state index < -0.39 is 17.8 Å². The van der Waals surface area contributed by atoms with Gasteiger partial charge in [-0.15, -0.1) is 0 Å². The van der Waals surface area contributed by atoms with Gasteiger partial charge in [0.1, 0.15) is 0 Å². The Morgan fingerprint density at radius 3 is 2.30 bits per heavy atom. The molecule has 1 rings (SSSR count). The van der Waals surface area contributed by atoms with Crippen LogP contribution in [0.2, 0.25) is 0 Å². The maximum Gasteiger partial charge on any atom is 0.446 e. The first kappa shape index (κ1) is 16.3. The average Bonchev–Trinajstić information content (AvgIpc) is 2.37. The van der Waals surface area contributed by atoms with E-state index in [9.17, 15) is 18.0 Å². The zero-order valence-corrected chi connectivity index (χ0v) is 11.6. The lowest BCUT2D eigenvalue weighted by Gasteiger charge is -2.32. The van der Waals surface area contributed by atoms with Crippen LogP contribution in [0.5, 0.6) is 0 Å². The second-order valence-electron chi connectivity index (χ2n) is 3.96. The quantitative estimate of drug-likeness (QED) is 0.741. The second kappa shape index (κ2) is 5.68. The summed E-state index contributed by atoms with van der Waals surface area (Å²) in [4.78, 5) is 19.7. The van der Waals surface area contributed by atoms with Gasteiger partial charge >= 0.3 is 17.8 Å². The van der Waals surface area contributed by atoms with Crippen LogP contribution in [0.15, 0.2) is 9.98 Å². The van der Waals surface area contributed by atoms with Crippen molar-refractivity contribution in [3.63, 3.8) is 0 Å². The van der Waals surface area contributed by atoms with Crippen LogP contribution in [0.3, 0.4) is 0 Å². The van der Waals surface area contributed by atoms with Gasteiger partial charge in [0.15, 0.2) is 5.90 Å². The van der Waals surface area contributed by atoms with Crippen LogP contribution in [0.25, 0.3) is 0 Å². The average molecular weight is 295 g/mol. The smallest absolute Gasteiger partial charge is 0.446 e. The van der Waals surface area contributed by atoms with Gasteiger partial charge in [-0.25, -0.2) is 9.79 Å². The summed E-state index contributed by atoms with van der Waals surface area (Å²) in [6.07, 6.45) is -5.02. The lowest BCUT2D eigenvalue weighted by Crippen LogP contribution is -2.54. The molecule has 1 aliphatic heterocycles. The lowest BCUT2D eigenvalue weighted by molar-refractivity contribution is -0.202. The van der Waals surface area contributed by atoms with E-state index in [2.05, 4.69) is 14.7 Å². The molecule has 0 saturated heterocycles. The van der Waals surface area contributed by atoms with Crippen LogP contribution < -0.4 is 0 Å². The molecule has 0 fully saturated rings. The van der Waals surface area contributed by atoms with Gasteiger partial charge in [-0.1, -0.05) is 0 Å². The van der Waals surface area contributed by atoms with Crippen LogP contribution in [0, 0.1) is 0 Å². The number of carbonyl (C=O) groups is 1. The predicted octanol–water partition coefficient (Wildman–Crippen LogP) is 1.56. The third kappa shape index (κ3) is 2.70. The molecule has 9 heteroatoms. The third-order valence-electron chi connectivity index (χ3n) is 2.71. The standard InChI is InChI=1S/C11H16F3N3O3/c1-5-17(6-2)9-16-10(8(18)19-4,11(12,13)14)15-7(3)20-9/h5-6H2,1-4H3/t10-/m0/s1. The van der Waals surface area contributed by atoms with Gasteiger partial charge in [-0.3, -0.25) is 0 Å². The first-order valence-electron chi connectivity index (χ1n) is 5.96. The number of methoxy groups -OCH3 is 1. The highest BCUT2D eigenvalue weighted by Crippen LogP contribution is 2.38. The number of hydrogen-bond donors (Lipinski definition) is 0. The van der Waals surface area contributed by atoms with E-state index >= 15 is 0 Å². The number of alkyl halides is 3. The normalized spacial score (nSPS) is 22.6. The Labute approximate surface area is 114 Å². The molecule has 1 heterocycles. The molecule has 0 aromatic rings. The second-order valence-corrected chi connectivity index (χ2v) is 3.96. The fraction of sp³-hybridized carbons (Fsp3) is 0.727. The highest BCUT2D eigenvalue weighted by molar-refractivity contribution is 5.97. The molecular formula is C11H16F3N3O3. The van der Waals surface area contributed by atoms with E-state index in [0.29, 0.717) is 13.1 Å². The number of hydrogen-bond acceptors (Lipinski definition) is 6. The van der Waals surface area contributed by atoms with Crippen molar-refractivity contribution >= 4 is 17.9 Å². The molecule has 0 unspecified atom stereocenters. The minimum Gasteiger partial charge on any atom is -0.465 e. The van der Waals surface area contributed by atoms with Gasteiger partial charge in [0, 0.05) is 20.0 Å². The minimum atomic E-state index is -5.02. The third-order valence-corrected chi connectivity index (χ3v) is 2.71. The first-order valence-corrected chi connectivity index (χ1v) is 5.96. The molecule has 0 aliphatic carbocycles. The van der Waals surface area contributed by atoms with Gasteiger partial charge in [-0.2, -0.15) is 18.2 Å². The number of amidine groups is 1. The fourth-order valence-corrected chi connectivity index (χ4v) is 1.67.